The summed E-state index contributed by atoms with van der Waals surface area (Å²) in [5.41, 5.74) is 3.75. The number of hydrogen-bond acceptors (Lipinski definition) is 2. The van der Waals surface area contributed by atoms with Gasteiger partial charge in [0.25, 0.3) is 0 Å². The molecule has 0 saturated carbocycles. The van der Waals surface area contributed by atoms with Crippen LogP contribution in [0.1, 0.15) is 31.4 Å². The predicted octanol–water partition coefficient (Wildman–Crippen LogP) is 4.10. The van der Waals surface area contributed by atoms with Crippen molar-refractivity contribution in [3.05, 3.63) is 59.7 Å². The van der Waals surface area contributed by atoms with Crippen molar-refractivity contribution in [2.24, 2.45) is 0 Å². The van der Waals surface area contributed by atoms with Gasteiger partial charge in [-0.1, -0.05) is 29.8 Å². The molecule has 0 bridgehead atoms. The Labute approximate surface area is 148 Å². The molecule has 3 N–H and O–H groups in total. The minimum atomic E-state index is -0.245. The van der Waals surface area contributed by atoms with Gasteiger partial charge in [-0.05, 0) is 57.0 Å². The first-order valence-electron chi connectivity index (χ1n) is 8.45. The Morgan fingerprint density at radius 3 is 2.00 bits per heavy atom. The van der Waals surface area contributed by atoms with E-state index in [0.29, 0.717) is 24.2 Å². The van der Waals surface area contributed by atoms with Gasteiger partial charge in [0.1, 0.15) is 0 Å². The minimum Gasteiger partial charge on any atom is -0.336 e. The van der Waals surface area contributed by atoms with Gasteiger partial charge in [0.05, 0.1) is 0 Å². The number of urea groups is 1. The number of rotatable bonds is 6. The second kappa shape index (κ2) is 8.87. The molecular formula is C20H25N3O2. The average molecular weight is 339 g/mol. The van der Waals surface area contributed by atoms with Crippen LogP contribution < -0.4 is 16.0 Å². The lowest BCUT2D eigenvalue weighted by Crippen LogP contribution is -2.34. The van der Waals surface area contributed by atoms with E-state index >= 15 is 0 Å². The third-order valence-electron chi connectivity index (χ3n) is 3.61. The Morgan fingerprint density at radius 1 is 0.880 bits per heavy atom. The second-order valence-corrected chi connectivity index (χ2v) is 6.36. The molecule has 0 radical (unpaired) electrons. The second-order valence-electron chi connectivity index (χ2n) is 6.36. The van der Waals surface area contributed by atoms with Crippen molar-refractivity contribution in [3.8, 4) is 0 Å². The van der Waals surface area contributed by atoms with Crippen LogP contribution in [0.2, 0.25) is 0 Å². The Bertz CT molecular complexity index is 707. The van der Waals surface area contributed by atoms with Crippen LogP contribution in [0, 0.1) is 6.92 Å². The Morgan fingerprint density at radius 2 is 1.44 bits per heavy atom. The molecule has 0 aliphatic carbocycles. The van der Waals surface area contributed by atoms with Gasteiger partial charge in [-0.2, -0.15) is 0 Å². The molecule has 2 aromatic rings. The quantitative estimate of drug-likeness (QED) is 0.741. The lowest BCUT2D eigenvalue weighted by molar-refractivity contribution is -0.116. The molecular weight excluding hydrogens is 314 g/mol. The zero-order chi connectivity index (χ0) is 18.2. The summed E-state index contributed by atoms with van der Waals surface area (Å²) < 4.78 is 0. The van der Waals surface area contributed by atoms with E-state index in [-0.39, 0.29) is 18.0 Å². The van der Waals surface area contributed by atoms with Crippen LogP contribution in [0.5, 0.6) is 0 Å². The maximum atomic E-state index is 12.0. The smallest absolute Gasteiger partial charge is 0.319 e. The summed E-state index contributed by atoms with van der Waals surface area (Å²) in [6, 6.07) is 15.1. The molecule has 0 fully saturated rings. The van der Waals surface area contributed by atoms with Crippen LogP contribution >= 0.6 is 0 Å². The van der Waals surface area contributed by atoms with E-state index in [0.717, 1.165) is 5.56 Å². The number of anilines is 2. The third-order valence-corrected chi connectivity index (χ3v) is 3.61. The summed E-state index contributed by atoms with van der Waals surface area (Å²) in [7, 11) is 0. The summed E-state index contributed by atoms with van der Waals surface area (Å²) in [5, 5.41) is 8.37. The van der Waals surface area contributed by atoms with Crippen molar-refractivity contribution in [3.63, 3.8) is 0 Å². The first-order chi connectivity index (χ1) is 11.9. The van der Waals surface area contributed by atoms with Crippen LogP contribution in [0.3, 0.4) is 0 Å². The predicted molar refractivity (Wildman–Crippen MR) is 102 cm³/mol. The molecule has 0 atom stereocenters. The molecule has 3 amide bonds. The Kier molecular flexibility index (Phi) is 6.57. The fourth-order valence-corrected chi connectivity index (χ4v) is 2.30. The monoisotopic (exact) mass is 339 g/mol. The number of aryl methyl sites for hydroxylation is 2. The molecule has 5 nitrogen and oxygen atoms in total. The Balaban J connectivity index is 1.80. The van der Waals surface area contributed by atoms with Gasteiger partial charge in [-0.3, -0.25) is 4.79 Å². The SMILES string of the molecule is Cc1ccc(CCC(=O)Nc2ccc(NC(=O)NC(C)C)cc2)cc1. The number of benzene rings is 2. The molecule has 0 aliphatic heterocycles. The van der Waals surface area contributed by atoms with Gasteiger partial charge in [-0.25, -0.2) is 4.79 Å². The minimum absolute atomic E-state index is 0.0289. The molecule has 2 rings (SSSR count). The molecule has 0 heterocycles. The fourth-order valence-electron chi connectivity index (χ4n) is 2.30. The van der Waals surface area contributed by atoms with Crippen molar-refractivity contribution >= 4 is 23.3 Å². The van der Waals surface area contributed by atoms with Crippen LogP contribution in [-0.4, -0.2) is 18.0 Å². The highest BCUT2D eigenvalue weighted by molar-refractivity contribution is 5.92. The van der Waals surface area contributed by atoms with E-state index < -0.39 is 0 Å². The molecule has 0 saturated heterocycles. The van der Waals surface area contributed by atoms with Crippen molar-refractivity contribution < 1.29 is 9.59 Å². The highest BCUT2D eigenvalue weighted by Gasteiger charge is 2.05. The van der Waals surface area contributed by atoms with Crippen LogP contribution in [0.4, 0.5) is 16.2 Å². The maximum Gasteiger partial charge on any atom is 0.319 e. The number of amides is 3. The highest BCUT2D eigenvalue weighted by Crippen LogP contribution is 2.14. The van der Waals surface area contributed by atoms with Crippen LogP contribution in [0.25, 0.3) is 0 Å². The Hall–Kier alpha value is -2.82. The first kappa shape index (κ1) is 18.5. The first-order valence-corrected chi connectivity index (χ1v) is 8.45. The van der Waals surface area contributed by atoms with Crippen molar-refractivity contribution in [2.45, 2.75) is 39.7 Å². The molecule has 2 aromatic carbocycles. The molecule has 0 unspecified atom stereocenters. The topological polar surface area (TPSA) is 70.2 Å². The van der Waals surface area contributed by atoms with E-state index in [4.69, 9.17) is 0 Å². The molecule has 0 aliphatic rings. The molecule has 5 heteroatoms. The molecule has 132 valence electrons. The summed E-state index contributed by atoms with van der Waals surface area (Å²) in [4.78, 5) is 23.7. The van der Waals surface area contributed by atoms with Crippen molar-refractivity contribution in [1.29, 1.82) is 0 Å². The number of carbonyl (C=O) groups excluding carboxylic acids is 2. The standard InChI is InChI=1S/C20H25N3O2/c1-14(2)21-20(25)23-18-11-9-17(10-12-18)22-19(24)13-8-16-6-4-15(3)5-7-16/h4-7,9-12,14H,8,13H2,1-3H3,(H,22,24)(H2,21,23,25). The zero-order valence-electron chi connectivity index (χ0n) is 14.9. The summed E-state index contributed by atoms with van der Waals surface area (Å²) >= 11 is 0. The van der Waals surface area contributed by atoms with Crippen LogP contribution in [-0.2, 0) is 11.2 Å². The van der Waals surface area contributed by atoms with Crippen LogP contribution in [0.15, 0.2) is 48.5 Å². The lowest BCUT2D eigenvalue weighted by Gasteiger charge is -2.11. The third kappa shape index (κ3) is 6.67. The van der Waals surface area contributed by atoms with Crippen molar-refractivity contribution in [2.75, 3.05) is 10.6 Å². The van der Waals surface area contributed by atoms with Gasteiger partial charge in [0.15, 0.2) is 0 Å². The lowest BCUT2D eigenvalue weighted by atomic mass is 10.1. The number of hydrogen-bond donors (Lipinski definition) is 3. The molecule has 0 spiro atoms. The number of carbonyl (C=O) groups is 2. The average Bonchev–Trinajstić information content (AvgIpc) is 2.55. The maximum absolute atomic E-state index is 12.0. The van der Waals surface area contributed by atoms with E-state index in [1.807, 2.05) is 45.0 Å². The van der Waals surface area contributed by atoms with Gasteiger partial charge in [0.2, 0.25) is 5.91 Å². The van der Waals surface area contributed by atoms with Gasteiger partial charge in [-0.15, -0.1) is 0 Å². The zero-order valence-corrected chi connectivity index (χ0v) is 14.9. The molecule has 25 heavy (non-hydrogen) atoms. The van der Waals surface area contributed by atoms with Gasteiger partial charge in [0, 0.05) is 23.8 Å². The fraction of sp³-hybridized carbons (Fsp3) is 0.300. The normalized spacial score (nSPS) is 10.4. The van der Waals surface area contributed by atoms with E-state index in [2.05, 4.69) is 16.0 Å². The van der Waals surface area contributed by atoms with Gasteiger partial charge >= 0.3 is 6.03 Å². The van der Waals surface area contributed by atoms with E-state index in [1.54, 1.807) is 24.3 Å². The molecule has 0 aromatic heterocycles. The highest BCUT2D eigenvalue weighted by atomic mass is 16.2. The summed E-state index contributed by atoms with van der Waals surface area (Å²) in [5.74, 6) is -0.0289. The van der Waals surface area contributed by atoms with E-state index in [1.165, 1.54) is 5.56 Å². The number of nitrogens with one attached hydrogen (secondary N) is 3. The largest absolute Gasteiger partial charge is 0.336 e. The van der Waals surface area contributed by atoms with Crippen molar-refractivity contribution in [1.82, 2.24) is 5.32 Å². The summed E-state index contributed by atoms with van der Waals surface area (Å²) in [6.07, 6.45) is 1.14. The van der Waals surface area contributed by atoms with E-state index in [9.17, 15) is 9.59 Å². The summed E-state index contributed by atoms with van der Waals surface area (Å²) in [6.45, 7) is 5.84. The van der Waals surface area contributed by atoms with Gasteiger partial charge < -0.3 is 16.0 Å².